The summed E-state index contributed by atoms with van der Waals surface area (Å²) in [6.07, 6.45) is 4.92. The van der Waals surface area contributed by atoms with Crippen molar-refractivity contribution in [1.29, 1.82) is 0 Å². The maximum atomic E-state index is 12.0. The lowest BCUT2D eigenvalue weighted by atomic mass is 10.2. The molecule has 0 spiro atoms. The highest BCUT2D eigenvalue weighted by Gasteiger charge is 2.12. The van der Waals surface area contributed by atoms with E-state index in [0.29, 0.717) is 16.4 Å². The highest BCUT2D eigenvalue weighted by atomic mass is 35.5. The predicted octanol–water partition coefficient (Wildman–Crippen LogP) is 3.40. The predicted molar refractivity (Wildman–Crippen MR) is 85.6 cm³/mol. The van der Waals surface area contributed by atoms with Crippen LogP contribution < -0.4 is 10.6 Å². The average Bonchev–Trinajstić information content (AvgIpc) is 3.21. The Bertz CT molecular complexity index is 786. The topological polar surface area (TPSA) is 85.0 Å². The molecular formula is C15H14ClN5O2. The molecule has 2 heterocycles. The Morgan fingerprint density at radius 2 is 2.26 bits per heavy atom. The molecule has 2 aromatic heterocycles. The van der Waals surface area contributed by atoms with Gasteiger partial charge in [-0.2, -0.15) is 5.10 Å². The second-order valence-electron chi connectivity index (χ2n) is 4.86. The quantitative estimate of drug-likeness (QED) is 0.767. The van der Waals surface area contributed by atoms with E-state index >= 15 is 0 Å². The monoisotopic (exact) mass is 331 g/mol. The van der Waals surface area contributed by atoms with Crippen LogP contribution in [0.4, 0.5) is 10.5 Å². The van der Waals surface area contributed by atoms with Gasteiger partial charge in [0.2, 0.25) is 0 Å². The van der Waals surface area contributed by atoms with Crippen LogP contribution in [0.3, 0.4) is 0 Å². The molecule has 1 aromatic carbocycles. The zero-order valence-electron chi connectivity index (χ0n) is 12.2. The van der Waals surface area contributed by atoms with Crippen molar-refractivity contribution in [2.75, 3.05) is 5.32 Å². The molecule has 0 saturated heterocycles. The first kappa shape index (κ1) is 15.1. The number of carbonyl (C=O) groups is 1. The minimum Gasteiger partial charge on any atom is -0.364 e. The van der Waals surface area contributed by atoms with Crippen molar-refractivity contribution < 1.29 is 9.32 Å². The number of aromatic nitrogens is 3. The molecule has 23 heavy (non-hydrogen) atoms. The summed E-state index contributed by atoms with van der Waals surface area (Å²) in [5.41, 5.74) is 1.96. The molecule has 0 unspecified atom stereocenters. The summed E-state index contributed by atoms with van der Waals surface area (Å²) in [5, 5.41) is 13.9. The van der Waals surface area contributed by atoms with Gasteiger partial charge in [0, 0.05) is 24.1 Å². The number of amides is 2. The van der Waals surface area contributed by atoms with Crippen molar-refractivity contribution in [3.63, 3.8) is 0 Å². The number of halogens is 1. The lowest BCUT2D eigenvalue weighted by Crippen LogP contribution is -2.31. The summed E-state index contributed by atoms with van der Waals surface area (Å²) in [7, 11) is 0. The molecule has 2 amide bonds. The Hall–Kier alpha value is -2.80. The van der Waals surface area contributed by atoms with E-state index in [2.05, 4.69) is 20.9 Å². The van der Waals surface area contributed by atoms with Gasteiger partial charge in [0.25, 0.3) is 0 Å². The molecule has 1 atom stereocenters. The zero-order chi connectivity index (χ0) is 16.2. The smallest absolute Gasteiger partial charge is 0.319 e. The lowest BCUT2D eigenvalue weighted by Gasteiger charge is -2.13. The van der Waals surface area contributed by atoms with Gasteiger partial charge in [-0.3, -0.25) is 0 Å². The summed E-state index contributed by atoms with van der Waals surface area (Å²) >= 11 is 6.24. The molecule has 0 saturated carbocycles. The van der Waals surface area contributed by atoms with Crippen molar-refractivity contribution in [3.8, 4) is 5.69 Å². The number of urea groups is 1. The first-order chi connectivity index (χ1) is 11.1. The number of nitrogens with one attached hydrogen (secondary N) is 2. The molecule has 0 aliphatic rings. The van der Waals surface area contributed by atoms with Gasteiger partial charge in [-0.15, -0.1) is 0 Å². The third-order valence-corrected chi connectivity index (χ3v) is 3.51. The Morgan fingerprint density at radius 3 is 2.91 bits per heavy atom. The SMILES string of the molecule is C[C@H](NC(=O)Nc1ccc(-n2cccn2)c(Cl)c1)c1ccon1. The van der Waals surface area contributed by atoms with Gasteiger partial charge < -0.3 is 15.2 Å². The maximum absolute atomic E-state index is 12.0. The van der Waals surface area contributed by atoms with Crippen LogP contribution in [-0.4, -0.2) is 21.0 Å². The van der Waals surface area contributed by atoms with Crippen molar-refractivity contribution >= 4 is 23.3 Å². The van der Waals surface area contributed by atoms with E-state index in [9.17, 15) is 4.79 Å². The number of hydrogen-bond acceptors (Lipinski definition) is 4. The van der Waals surface area contributed by atoms with E-state index in [1.807, 2.05) is 6.92 Å². The van der Waals surface area contributed by atoms with E-state index in [0.717, 1.165) is 5.69 Å². The van der Waals surface area contributed by atoms with Gasteiger partial charge in [-0.05, 0) is 31.2 Å². The van der Waals surface area contributed by atoms with Crippen molar-refractivity contribution in [2.45, 2.75) is 13.0 Å². The molecule has 3 rings (SSSR count). The average molecular weight is 332 g/mol. The second kappa shape index (κ2) is 6.53. The second-order valence-corrected chi connectivity index (χ2v) is 5.27. The number of anilines is 1. The first-order valence-electron chi connectivity index (χ1n) is 6.91. The number of carbonyl (C=O) groups excluding carboxylic acids is 1. The van der Waals surface area contributed by atoms with E-state index in [-0.39, 0.29) is 12.1 Å². The van der Waals surface area contributed by atoms with Gasteiger partial charge in [0.1, 0.15) is 12.0 Å². The first-order valence-corrected chi connectivity index (χ1v) is 7.28. The van der Waals surface area contributed by atoms with Crippen LogP contribution in [0.1, 0.15) is 18.7 Å². The largest absolute Gasteiger partial charge is 0.364 e. The Kier molecular flexibility index (Phi) is 4.29. The summed E-state index contributed by atoms with van der Waals surface area (Å²) in [4.78, 5) is 12.0. The summed E-state index contributed by atoms with van der Waals surface area (Å²) in [5.74, 6) is 0. The molecule has 3 aromatic rings. The molecule has 0 aliphatic heterocycles. The number of rotatable bonds is 4. The Balaban J connectivity index is 1.66. The van der Waals surface area contributed by atoms with Crippen LogP contribution in [0, 0.1) is 0 Å². The van der Waals surface area contributed by atoms with Gasteiger partial charge in [0.05, 0.1) is 16.8 Å². The van der Waals surface area contributed by atoms with Gasteiger partial charge in [-0.1, -0.05) is 16.8 Å². The molecule has 8 heteroatoms. The molecule has 0 bridgehead atoms. The summed E-state index contributed by atoms with van der Waals surface area (Å²) in [6.45, 7) is 1.81. The van der Waals surface area contributed by atoms with Crippen LogP contribution >= 0.6 is 11.6 Å². The molecule has 0 fully saturated rings. The number of nitrogens with zero attached hydrogens (tertiary/aromatic N) is 3. The van der Waals surface area contributed by atoms with Crippen LogP contribution in [-0.2, 0) is 0 Å². The van der Waals surface area contributed by atoms with Crippen molar-refractivity contribution in [3.05, 3.63) is 59.7 Å². The highest BCUT2D eigenvalue weighted by molar-refractivity contribution is 6.32. The molecule has 0 radical (unpaired) electrons. The zero-order valence-corrected chi connectivity index (χ0v) is 13.0. The number of benzene rings is 1. The van der Waals surface area contributed by atoms with Crippen LogP contribution in [0.5, 0.6) is 0 Å². The van der Waals surface area contributed by atoms with Crippen LogP contribution in [0.25, 0.3) is 5.69 Å². The number of hydrogen-bond donors (Lipinski definition) is 2. The molecule has 2 N–H and O–H groups in total. The molecule has 7 nitrogen and oxygen atoms in total. The fourth-order valence-electron chi connectivity index (χ4n) is 2.06. The Morgan fingerprint density at radius 1 is 1.39 bits per heavy atom. The van der Waals surface area contributed by atoms with Crippen LogP contribution in [0.2, 0.25) is 5.02 Å². The van der Waals surface area contributed by atoms with Crippen molar-refractivity contribution in [1.82, 2.24) is 20.3 Å². The standard InChI is InChI=1S/C15H14ClN5O2/c1-10(13-5-8-23-20-13)18-15(22)19-11-3-4-14(12(16)9-11)21-7-2-6-17-21/h2-10H,1H3,(H2,18,19,22)/t10-/m0/s1. The highest BCUT2D eigenvalue weighted by Crippen LogP contribution is 2.24. The van der Waals surface area contributed by atoms with Crippen LogP contribution in [0.15, 0.2) is 53.5 Å². The molecule has 0 aliphatic carbocycles. The van der Waals surface area contributed by atoms with E-state index < -0.39 is 0 Å². The molecule has 118 valence electrons. The van der Waals surface area contributed by atoms with E-state index in [1.54, 1.807) is 47.4 Å². The fourth-order valence-corrected chi connectivity index (χ4v) is 2.33. The summed E-state index contributed by atoms with van der Waals surface area (Å²) in [6, 6.07) is 8.08. The minimum absolute atomic E-state index is 0.271. The van der Waals surface area contributed by atoms with Gasteiger partial charge >= 0.3 is 6.03 Å². The molecular weight excluding hydrogens is 318 g/mol. The third kappa shape index (κ3) is 3.51. The maximum Gasteiger partial charge on any atom is 0.319 e. The van der Waals surface area contributed by atoms with Crippen molar-refractivity contribution in [2.24, 2.45) is 0 Å². The Labute approximate surface area is 137 Å². The van der Waals surface area contributed by atoms with Gasteiger partial charge in [0.15, 0.2) is 0 Å². The minimum atomic E-state index is -0.358. The van der Waals surface area contributed by atoms with E-state index in [4.69, 9.17) is 16.1 Å². The van der Waals surface area contributed by atoms with Gasteiger partial charge in [-0.25, -0.2) is 9.48 Å². The lowest BCUT2D eigenvalue weighted by molar-refractivity contribution is 0.249. The van der Waals surface area contributed by atoms with E-state index in [1.165, 1.54) is 6.26 Å². The normalized spacial score (nSPS) is 11.9. The third-order valence-electron chi connectivity index (χ3n) is 3.21. The fraction of sp³-hybridized carbons (Fsp3) is 0.133. The summed E-state index contributed by atoms with van der Waals surface area (Å²) < 4.78 is 6.40.